The number of hydrogen-bond acceptors (Lipinski definition) is 3. The van der Waals surface area contributed by atoms with Crippen molar-refractivity contribution in [2.24, 2.45) is 10.7 Å². The third kappa shape index (κ3) is 4.46. The van der Waals surface area contributed by atoms with Crippen LogP contribution in [0.3, 0.4) is 0 Å². The monoisotopic (exact) mass is 320 g/mol. The van der Waals surface area contributed by atoms with E-state index in [0.29, 0.717) is 18.4 Å². The number of oxazole rings is 1. The minimum Gasteiger partial charge on any atom is -0.439 e. The number of nitrogens with two attached hydrogens (primary N) is 1. The highest BCUT2D eigenvalue weighted by molar-refractivity contribution is 5.77. The van der Waals surface area contributed by atoms with Gasteiger partial charge in [0.1, 0.15) is 6.54 Å². The topological polar surface area (TPSA) is 76.4 Å². The molecule has 3 rings (SSSR count). The van der Waals surface area contributed by atoms with Crippen LogP contribution in [0, 0.1) is 0 Å². The minimum atomic E-state index is 0.316. The number of nitrogens with zero attached hydrogens (tertiary/aromatic N) is 2. The Balaban J connectivity index is 1.49. The fourth-order valence-corrected chi connectivity index (χ4v) is 2.31. The molecular formula is C19H20N4O. The van der Waals surface area contributed by atoms with Crippen LogP contribution in [0.15, 0.2) is 76.3 Å². The van der Waals surface area contributed by atoms with Gasteiger partial charge in [0.25, 0.3) is 0 Å². The molecule has 2 aromatic carbocycles. The smallest absolute Gasteiger partial charge is 0.216 e. The average molecular weight is 320 g/mol. The summed E-state index contributed by atoms with van der Waals surface area (Å²) in [5.74, 6) is 1.67. The lowest BCUT2D eigenvalue weighted by atomic mass is 10.1. The zero-order chi connectivity index (χ0) is 16.6. The summed E-state index contributed by atoms with van der Waals surface area (Å²) in [6.45, 7) is 1.05. The standard InChI is InChI=1S/C19H20N4O/c20-19(21-12-11-15-7-3-1-4-8-15)23-14-18-22-13-17(24-18)16-9-5-2-6-10-16/h1-10,13H,11-12,14H2,(H3,20,21,23). The van der Waals surface area contributed by atoms with Crippen molar-refractivity contribution in [3.63, 3.8) is 0 Å². The van der Waals surface area contributed by atoms with Gasteiger partial charge in [-0.15, -0.1) is 0 Å². The Morgan fingerprint density at radius 3 is 2.50 bits per heavy atom. The van der Waals surface area contributed by atoms with Gasteiger partial charge in [-0.3, -0.25) is 0 Å². The molecular weight excluding hydrogens is 300 g/mol. The molecule has 3 N–H and O–H groups in total. The first-order valence-electron chi connectivity index (χ1n) is 7.89. The highest BCUT2D eigenvalue weighted by Gasteiger charge is 2.05. The Kier molecular flexibility index (Phi) is 5.24. The van der Waals surface area contributed by atoms with Gasteiger partial charge in [0.2, 0.25) is 5.89 Å². The summed E-state index contributed by atoms with van der Waals surface area (Å²) >= 11 is 0. The molecule has 3 aromatic rings. The third-order valence-electron chi connectivity index (χ3n) is 3.56. The highest BCUT2D eigenvalue weighted by atomic mass is 16.4. The van der Waals surface area contributed by atoms with Crippen molar-refractivity contribution in [2.75, 3.05) is 6.54 Å². The molecule has 5 nitrogen and oxygen atoms in total. The molecule has 24 heavy (non-hydrogen) atoms. The molecule has 122 valence electrons. The number of aliphatic imine (C=N–C) groups is 1. The van der Waals surface area contributed by atoms with Gasteiger partial charge in [-0.05, 0) is 12.0 Å². The molecule has 0 aliphatic carbocycles. The Morgan fingerprint density at radius 2 is 1.75 bits per heavy atom. The minimum absolute atomic E-state index is 0.316. The van der Waals surface area contributed by atoms with E-state index in [1.165, 1.54) is 5.56 Å². The second kappa shape index (κ2) is 7.97. The first kappa shape index (κ1) is 15.8. The van der Waals surface area contributed by atoms with Gasteiger partial charge in [-0.25, -0.2) is 9.98 Å². The Hall–Kier alpha value is -3.08. The number of guanidine groups is 1. The van der Waals surface area contributed by atoms with Crippen LogP contribution in [0.4, 0.5) is 0 Å². The van der Waals surface area contributed by atoms with E-state index in [4.69, 9.17) is 10.2 Å². The van der Waals surface area contributed by atoms with Crippen molar-refractivity contribution in [1.82, 2.24) is 10.3 Å². The molecule has 0 aliphatic heterocycles. The maximum atomic E-state index is 5.87. The maximum absolute atomic E-state index is 5.87. The Labute approximate surface area is 141 Å². The first-order chi connectivity index (χ1) is 11.8. The largest absolute Gasteiger partial charge is 0.439 e. The van der Waals surface area contributed by atoms with E-state index in [-0.39, 0.29) is 0 Å². The van der Waals surface area contributed by atoms with Crippen LogP contribution in [-0.4, -0.2) is 17.5 Å². The van der Waals surface area contributed by atoms with Crippen LogP contribution in [0.2, 0.25) is 0 Å². The van der Waals surface area contributed by atoms with Gasteiger partial charge in [-0.2, -0.15) is 0 Å². The molecule has 0 fully saturated rings. The van der Waals surface area contributed by atoms with Crippen LogP contribution in [0.1, 0.15) is 11.5 Å². The fourth-order valence-electron chi connectivity index (χ4n) is 2.31. The van der Waals surface area contributed by atoms with Gasteiger partial charge in [-0.1, -0.05) is 60.7 Å². The van der Waals surface area contributed by atoms with E-state index in [0.717, 1.165) is 24.3 Å². The number of aromatic nitrogens is 1. The van der Waals surface area contributed by atoms with E-state index in [1.54, 1.807) is 6.20 Å². The molecule has 0 unspecified atom stereocenters. The highest BCUT2D eigenvalue weighted by Crippen LogP contribution is 2.19. The second-order valence-electron chi connectivity index (χ2n) is 5.35. The quantitative estimate of drug-likeness (QED) is 0.541. The molecule has 1 aromatic heterocycles. The normalized spacial score (nSPS) is 11.4. The lowest BCUT2D eigenvalue weighted by Gasteiger charge is -2.05. The van der Waals surface area contributed by atoms with E-state index in [2.05, 4.69) is 27.4 Å². The van der Waals surface area contributed by atoms with E-state index >= 15 is 0 Å². The SMILES string of the molecule is NC(=NCc1ncc(-c2ccccc2)o1)NCCc1ccccc1. The molecule has 1 heterocycles. The maximum Gasteiger partial charge on any atom is 0.216 e. The molecule has 0 atom stereocenters. The number of rotatable bonds is 6. The second-order valence-corrected chi connectivity index (χ2v) is 5.35. The van der Waals surface area contributed by atoms with Gasteiger partial charge in [0, 0.05) is 12.1 Å². The summed E-state index contributed by atoms with van der Waals surface area (Å²) in [7, 11) is 0. The summed E-state index contributed by atoms with van der Waals surface area (Å²) in [4.78, 5) is 8.49. The molecule has 0 saturated carbocycles. The van der Waals surface area contributed by atoms with E-state index in [1.807, 2.05) is 48.5 Å². The van der Waals surface area contributed by atoms with Crippen molar-refractivity contribution >= 4 is 5.96 Å². The van der Waals surface area contributed by atoms with Gasteiger partial charge in [0.15, 0.2) is 11.7 Å². The zero-order valence-electron chi connectivity index (χ0n) is 13.4. The van der Waals surface area contributed by atoms with Crippen molar-refractivity contribution < 1.29 is 4.42 Å². The fraction of sp³-hybridized carbons (Fsp3) is 0.158. The summed E-state index contributed by atoms with van der Waals surface area (Å²) in [5.41, 5.74) is 8.13. The van der Waals surface area contributed by atoms with Crippen molar-refractivity contribution in [1.29, 1.82) is 0 Å². The lowest BCUT2D eigenvalue weighted by molar-refractivity contribution is 0.509. The van der Waals surface area contributed by atoms with E-state index < -0.39 is 0 Å². The Bertz CT molecular complexity index is 781. The summed E-state index contributed by atoms with van der Waals surface area (Å²) in [6.07, 6.45) is 2.60. The van der Waals surface area contributed by atoms with Crippen LogP contribution in [0.5, 0.6) is 0 Å². The molecule has 0 amide bonds. The molecule has 0 aliphatic rings. The number of hydrogen-bond donors (Lipinski definition) is 2. The van der Waals surface area contributed by atoms with Crippen molar-refractivity contribution in [2.45, 2.75) is 13.0 Å². The van der Waals surface area contributed by atoms with Crippen LogP contribution in [-0.2, 0) is 13.0 Å². The van der Waals surface area contributed by atoms with Gasteiger partial charge < -0.3 is 15.5 Å². The van der Waals surface area contributed by atoms with E-state index in [9.17, 15) is 0 Å². The van der Waals surface area contributed by atoms with Crippen molar-refractivity contribution in [3.05, 3.63) is 78.3 Å². The summed E-state index contributed by atoms with van der Waals surface area (Å²) in [5, 5.41) is 3.10. The van der Waals surface area contributed by atoms with Crippen molar-refractivity contribution in [3.8, 4) is 11.3 Å². The molecule has 0 spiro atoms. The lowest BCUT2D eigenvalue weighted by Crippen LogP contribution is -2.33. The predicted molar refractivity (Wildman–Crippen MR) is 95.4 cm³/mol. The predicted octanol–water partition coefficient (Wildman–Crippen LogP) is 2.99. The molecule has 0 bridgehead atoms. The van der Waals surface area contributed by atoms with Gasteiger partial charge in [0.05, 0.1) is 6.20 Å². The number of nitrogens with one attached hydrogen (secondary N) is 1. The zero-order valence-corrected chi connectivity index (χ0v) is 13.4. The number of benzene rings is 2. The average Bonchev–Trinajstić information content (AvgIpc) is 3.11. The molecule has 5 heteroatoms. The summed E-state index contributed by atoms with van der Waals surface area (Å²) < 4.78 is 5.69. The first-order valence-corrected chi connectivity index (χ1v) is 7.89. The summed E-state index contributed by atoms with van der Waals surface area (Å²) in [6, 6.07) is 20.1. The van der Waals surface area contributed by atoms with Crippen LogP contribution in [0.25, 0.3) is 11.3 Å². The van der Waals surface area contributed by atoms with Crippen LogP contribution >= 0.6 is 0 Å². The molecule has 0 radical (unpaired) electrons. The van der Waals surface area contributed by atoms with Crippen LogP contribution < -0.4 is 11.1 Å². The third-order valence-corrected chi connectivity index (χ3v) is 3.56. The Morgan fingerprint density at radius 1 is 1.04 bits per heavy atom. The van der Waals surface area contributed by atoms with Gasteiger partial charge >= 0.3 is 0 Å². The molecule has 0 saturated heterocycles.